The van der Waals surface area contributed by atoms with Gasteiger partial charge < -0.3 is 19.7 Å². The molecule has 0 radical (unpaired) electrons. The van der Waals surface area contributed by atoms with Crippen LogP contribution in [0.2, 0.25) is 0 Å². The summed E-state index contributed by atoms with van der Waals surface area (Å²) in [5, 5.41) is 3.17. The summed E-state index contributed by atoms with van der Waals surface area (Å²) in [7, 11) is 5.20. The number of carbonyl (C=O) groups excluding carboxylic acids is 2. The lowest BCUT2D eigenvalue weighted by atomic mass is 9.47. The molecule has 0 aromatic heterocycles. The third-order valence-electron chi connectivity index (χ3n) is 10.1. The molecule has 3 saturated carbocycles. The summed E-state index contributed by atoms with van der Waals surface area (Å²) in [5.41, 5.74) is 0.736. The van der Waals surface area contributed by atoms with Gasteiger partial charge in [-0.2, -0.15) is 0 Å². The summed E-state index contributed by atoms with van der Waals surface area (Å²) in [6.07, 6.45) is 10.4. The normalized spacial score (nSPS) is 38.6. The minimum absolute atomic E-state index is 0.00179. The standard InChI is InChI=1S/C28H38N2O4/c1-27-14-12-20-18(7-11-24-28(20,2)15-13-25(31)30(24)3)19(27)8-9-21(27)26(32)29-22-10-6-17(33-4)16-23(22)34-5/h6,10,13,15-16,18-21,24H,7-9,11-12,14H2,1-5H3,(H,29,32)/t18-,19-,20+,21?,24?,27-,28+/m0/s1. The van der Waals surface area contributed by atoms with E-state index in [9.17, 15) is 9.59 Å². The molecule has 1 aromatic carbocycles. The third-order valence-corrected chi connectivity index (χ3v) is 10.1. The van der Waals surface area contributed by atoms with Crippen molar-refractivity contribution in [1.29, 1.82) is 0 Å². The van der Waals surface area contributed by atoms with Crippen molar-refractivity contribution in [2.45, 2.75) is 58.4 Å². The molecule has 1 aromatic rings. The van der Waals surface area contributed by atoms with Crippen molar-refractivity contribution in [3.8, 4) is 11.5 Å². The van der Waals surface area contributed by atoms with Crippen molar-refractivity contribution in [1.82, 2.24) is 4.90 Å². The van der Waals surface area contributed by atoms with Crippen molar-refractivity contribution in [2.24, 2.45) is 34.5 Å². The summed E-state index contributed by atoms with van der Waals surface area (Å²) in [5.74, 6) is 3.29. The van der Waals surface area contributed by atoms with Gasteiger partial charge in [0.05, 0.1) is 19.9 Å². The molecule has 184 valence electrons. The second-order valence-electron chi connectivity index (χ2n) is 11.3. The number of methoxy groups -OCH3 is 2. The average Bonchev–Trinajstić information content (AvgIpc) is 3.19. The van der Waals surface area contributed by atoms with Gasteiger partial charge in [-0.15, -0.1) is 0 Å². The second-order valence-corrected chi connectivity index (χ2v) is 11.3. The molecule has 0 bridgehead atoms. The molecule has 1 heterocycles. The number of amides is 2. The van der Waals surface area contributed by atoms with Crippen LogP contribution in [0.1, 0.15) is 52.4 Å². The number of carbonyl (C=O) groups is 2. The molecular formula is C28H38N2O4. The lowest BCUT2D eigenvalue weighted by Gasteiger charge is -2.60. The predicted octanol–water partition coefficient (Wildman–Crippen LogP) is 4.90. The fourth-order valence-electron chi connectivity index (χ4n) is 8.29. The zero-order chi connectivity index (χ0) is 24.3. The smallest absolute Gasteiger partial charge is 0.246 e. The number of nitrogens with zero attached hydrogens (tertiary/aromatic N) is 1. The Hall–Kier alpha value is -2.50. The molecule has 6 nitrogen and oxygen atoms in total. The summed E-state index contributed by atoms with van der Waals surface area (Å²) in [6, 6.07) is 5.80. The number of rotatable bonds is 4. The molecule has 0 saturated heterocycles. The highest BCUT2D eigenvalue weighted by Gasteiger charge is 2.61. The van der Waals surface area contributed by atoms with E-state index >= 15 is 0 Å². The lowest BCUT2D eigenvalue weighted by molar-refractivity contribution is -0.141. The Morgan fingerprint density at radius 1 is 1.06 bits per heavy atom. The van der Waals surface area contributed by atoms with E-state index in [1.165, 1.54) is 0 Å². The molecule has 7 atom stereocenters. The lowest BCUT2D eigenvalue weighted by Crippen LogP contribution is -2.59. The first-order valence-corrected chi connectivity index (χ1v) is 12.7. The van der Waals surface area contributed by atoms with Gasteiger partial charge in [-0.25, -0.2) is 0 Å². The number of hydrogen-bond acceptors (Lipinski definition) is 4. The second kappa shape index (κ2) is 8.31. The molecule has 0 spiro atoms. The van der Waals surface area contributed by atoms with Crippen LogP contribution in [0.5, 0.6) is 11.5 Å². The fourth-order valence-corrected chi connectivity index (χ4v) is 8.29. The van der Waals surface area contributed by atoms with Crippen molar-refractivity contribution < 1.29 is 19.1 Å². The molecule has 4 aliphatic rings. The van der Waals surface area contributed by atoms with Gasteiger partial charge in [0.15, 0.2) is 0 Å². The first-order chi connectivity index (χ1) is 16.2. The van der Waals surface area contributed by atoms with Gasteiger partial charge in [0.25, 0.3) is 0 Å². The van der Waals surface area contributed by atoms with Crippen LogP contribution in [0.4, 0.5) is 5.69 Å². The minimum atomic E-state index is 0.00179. The van der Waals surface area contributed by atoms with Gasteiger partial charge in [-0.1, -0.05) is 19.9 Å². The molecule has 1 aliphatic heterocycles. The van der Waals surface area contributed by atoms with Gasteiger partial charge in [-0.3, -0.25) is 9.59 Å². The zero-order valence-electron chi connectivity index (χ0n) is 21.1. The molecule has 3 aliphatic carbocycles. The number of hydrogen-bond donors (Lipinski definition) is 1. The van der Waals surface area contributed by atoms with E-state index in [2.05, 4.69) is 25.2 Å². The highest BCUT2D eigenvalue weighted by Crippen LogP contribution is 2.65. The van der Waals surface area contributed by atoms with E-state index in [1.54, 1.807) is 26.4 Å². The summed E-state index contributed by atoms with van der Waals surface area (Å²) in [6.45, 7) is 4.73. The van der Waals surface area contributed by atoms with Crippen LogP contribution < -0.4 is 14.8 Å². The Bertz CT molecular complexity index is 1020. The Morgan fingerprint density at radius 2 is 1.85 bits per heavy atom. The fraction of sp³-hybridized carbons (Fsp3) is 0.643. The van der Waals surface area contributed by atoms with Crippen LogP contribution >= 0.6 is 0 Å². The van der Waals surface area contributed by atoms with Crippen LogP contribution in [0.25, 0.3) is 0 Å². The molecule has 3 fully saturated rings. The number of anilines is 1. The molecule has 2 unspecified atom stereocenters. The van der Waals surface area contributed by atoms with E-state index in [0.29, 0.717) is 41.0 Å². The average molecular weight is 467 g/mol. The Kier molecular flexibility index (Phi) is 5.69. The molecule has 6 heteroatoms. The molecular weight excluding hydrogens is 428 g/mol. The topological polar surface area (TPSA) is 67.9 Å². The summed E-state index contributed by atoms with van der Waals surface area (Å²) < 4.78 is 10.8. The largest absolute Gasteiger partial charge is 0.497 e. The zero-order valence-corrected chi connectivity index (χ0v) is 21.1. The first-order valence-electron chi connectivity index (χ1n) is 12.7. The summed E-state index contributed by atoms with van der Waals surface area (Å²) >= 11 is 0. The molecule has 5 rings (SSSR count). The maximum Gasteiger partial charge on any atom is 0.246 e. The van der Waals surface area contributed by atoms with Crippen LogP contribution in [0.3, 0.4) is 0 Å². The van der Waals surface area contributed by atoms with Crippen LogP contribution in [0, 0.1) is 34.5 Å². The number of benzene rings is 1. The quantitative estimate of drug-likeness (QED) is 0.686. The number of likely N-dealkylation sites (N-methyl/N-ethyl adjacent to an activating group) is 1. The maximum absolute atomic E-state index is 13.6. The van der Waals surface area contributed by atoms with Crippen molar-refractivity contribution in [3.63, 3.8) is 0 Å². The van der Waals surface area contributed by atoms with E-state index in [-0.39, 0.29) is 28.6 Å². The Balaban J connectivity index is 1.36. The number of fused-ring (bicyclic) bond motifs is 5. The summed E-state index contributed by atoms with van der Waals surface area (Å²) in [4.78, 5) is 27.9. The predicted molar refractivity (Wildman–Crippen MR) is 132 cm³/mol. The van der Waals surface area contributed by atoms with E-state index < -0.39 is 0 Å². The van der Waals surface area contributed by atoms with Crippen LogP contribution in [-0.2, 0) is 9.59 Å². The number of ether oxygens (including phenoxy) is 2. The van der Waals surface area contributed by atoms with Gasteiger partial charge in [0.1, 0.15) is 11.5 Å². The highest BCUT2D eigenvalue weighted by atomic mass is 16.5. The first kappa shape index (κ1) is 23.3. The van der Waals surface area contributed by atoms with Gasteiger partial charge in [-0.05, 0) is 79.9 Å². The van der Waals surface area contributed by atoms with E-state index in [0.717, 1.165) is 38.5 Å². The molecule has 1 N–H and O–H groups in total. The van der Waals surface area contributed by atoms with Gasteiger partial charge in [0.2, 0.25) is 11.8 Å². The minimum Gasteiger partial charge on any atom is -0.497 e. The highest BCUT2D eigenvalue weighted by molar-refractivity contribution is 5.95. The molecule has 34 heavy (non-hydrogen) atoms. The van der Waals surface area contributed by atoms with Gasteiger partial charge >= 0.3 is 0 Å². The SMILES string of the molecule is COc1ccc(NC(=O)C2CC[C@H]3[C@@H]4CCC5N(C)C(=O)C=C[C@]5(C)[C@@H]4CC[C@]23C)c(OC)c1. The molecule has 2 amide bonds. The third kappa shape index (κ3) is 3.36. The monoisotopic (exact) mass is 466 g/mol. The van der Waals surface area contributed by atoms with Crippen molar-refractivity contribution in [2.75, 3.05) is 26.6 Å². The number of nitrogens with one attached hydrogen (secondary N) is 1. The van der Waals surface area contributed by atoms with Gasteiger partial charge in [0, 0.05) is 30.5 Å². The van der Waals surface area contributed by atoms with Crippen molar-refractivity contribution >= 4 is 17.5 Å². The van der Waals surface area contributed by atoms with E-state index in [4.69, 9.17) is 9.47 Å². The maximum atomic E-state index is 13.6. The van der Waals surface area contributed by atoms with E-state index in [1.807, 2.05) is 24.1 Å². The Labute approximate surface area is 203 Å². The van der Waals surface area contributed by atoms with Crippen LogP contribution in [-0.4, -0.2) is 44.0 Å². The Morgan fingerprint density at radius 3 is 2.59 bits per heavy atom. The van der Waals surface area contributed by atoms with Crippen LogP contribution in [0.15, 0.2) is 30.4 Å². The van der Waals surface area contributed by atoms with Crippen molar-refractivity contribution in [3.05, 3.63) is 30.4 Å².